The highest BCUT2D eigenvalue weighted by Crippen LogP contribution is 2.36. The zero-order valence-electron chi connectivity index (χ0n) is 15.3. The van der Waals surface area contributed by atoms with Crippen molar-refractivity contribution in [1.29, 1.82) is 0 Å². The molecule has 1 aromatic carbocycles. The molecule has 1 fully saturated rings. The molecule has 0 aromatic heterocycles. The fourth-order valence-electron chi connectivity index (χ4n) is 1.78. The molecular weight excluding hydrogens is 257 g/mol. The lowest BCUT2D eigenvalue weighted by molar-refractivity contribution is 0.00578. The first-order valence-corrected chi connectivity index (χ1v) is 6.27. The number of anilines is 1. The predicted molar refractivity (Wildman–Crippen MR) is 77.9 cm³/mol. The predicted octanol–water partition coefficient (Wildman–Crippen LogP) is 1.35. The first-order chi connectivity index (χ1) is 10.4. The highest BCUT2D eigenvalue weighted by Gasteiger charge is 2.52. The highest BCUT2D eigenvalue weighted by molar-refractivity contribution is 6.63. The molecule has 1 heterocycles. The molecule has 1 aliphatic rings. The van der Waals surface area contributed by atoms with E-state index in [4.69, 9.17) is 19.2 Å². The van der Waals surface area contributed by atoms with Gasteiger partial charge in [-0.05, 0) is 39.8 Å². The number of nitrogen functional groups attached to an aromatic ring is 1. The van der Waals surface area contributed by atoms with Crippen LogP contribution >= 0.6 is 0 Å². The van der Waals surface area contributed by atoms with Crippen molar-refractivity contribution in [3.63, 3.8) is 0 Å². The van der Waals surface area contributed by atoms with Crippen LogP contribution in [0.25, 0.3) is 0 Å². The monoisotopic (exact) mass is 280 g/mol. The van der Waals surface area contributed by atoms with Gasteiger partial charge in [0.15, 0.2) is 0 Å². The van der Waals surface area contributed by atoms with Crippen molar-refractivity contribution in [2.24, 2.45) is 0 Å². The topological polar surface area (TPSA) is 70.8 Å². The molecule has 1 aromatic rings. The van der Waals surface area contributed by atoms with Gasteiger partial charge in [0.25, 0.3) is 0 Å². The van der Waals surface area contributed by atoms with Crippen LogP contribution in [0.5, 0.6) is 0 Å². The summed E-state index contributed by atoms with van der Waals surface area (Å²) in [6, 6.07) is -1.10. The molecule has 2 rings (SSSR count). The largest absolute Gasteiger partial charge is 0.496 e. The summed E-state index contributed by atoms with van der Waals surface area (Å²) in [5, 5.41) is 0. The quantitative estimate of drug-likeness (QED) is 0.503. The van der Waals surface area contributed by atoms with E-state index in [-0.39, 0.29) is 28.8 Å². The van der Waals surface area contributed by atoms with Crippen LogP contribution in [-0.4, -0.2) is 31.4 Å². The maximum absolute atomic E-state index is 11.7. The van der Waals surface area contributed by atoms with Crippen molar-refractivity contribution in [2.45, 2.75) is 38.9 Å². The molecule has 1 aliphatic heterocycles. The summed E-state index contributed by atoms with van der Waals surface area (Å²) in [4.78, 5) is 11.7. The fourth-order valence-corrected chi connectivity index (χ4v) is 1.78. The van der Waals surface area contributed by atoms with Gasteiger partial charge in [0.05, 0.1) is 28.0 Å². The number of carbonyl (C=O) groups excluding carboxylic acids is 1. The van der Waals surface area contributed by atoms with Gasteiger partial charge >= 0.3 is 13.1 Å². The molecule has 20 heavy (non-hydrogen) atoms. The fraction of sp³-hybridized carbons (Fsp3) is 0.500. The third-order valence-corrected chi connectivity index (χ3v) is 3.75. The molecule has 108 valence electrons. The summed E-state index contributed by atoms with van der Waals surface area (Å²) >= 11 is 0. The molecular formula is C14H20BNO4. The molecule has 0 atom stereocenters. The number of carbonyl (C=O) groups is 1. The summed E-state index contributed by atoms with van der Waals surface area (Å²) in [5.41, 5.74) is 4.27. The number of esters is 1. The van der Waals surface area contributed by atoms with Crippen molar-refractivity contribution in [3.05, 3.63) is 23.7 Å². The molecule has 0 unspecified atom stereocenters. The highest BCUT2D eigenvalue weighted by atomic mass is 16.7. The van der Waals surface area contributed by atoms with Crippen LogP contribution in [0, 0.1) is 0 Å². The summed E-state index contributed by atoms with van der Waals surface area (Å²) < 4.78 is 40.4. The maximum Gasteiger partial charge on any atom is 0.496 e. The molecule has 1 saturated heterocycles. The van der Waals surface area contributed by atoms with Crippen LogP contribution in [0.2, 0.25) is 0 Å². The normalized spacial score (nSPS) is 22.1. The molecule has 2 N–H and O–H groups in total. The van der Waals surface area contributed by atoms with Gasteiger partial charge in [-0.15, -0.1) is 0 Å². The Kier molecular flexibility index (Phi) is 2.67. The third-order valence-electron chi connectivity index (χ3n) is 3.75. The van der Waals surface area contributed by atoms with Crippen LogP contribution in [0.15, 0.2) is 18.1 Å². The van der Waals surface area contributed by atoms with Gasteiger partial charge in [0, 0.05) is 11.2 Å². The smallest absolute Gasteiger partial charge is 0.465 e. The molecule has 0 aliphatic carbocycles. The minimum atomic E-state index is -0.979. The number of benzene rings is 1. The van der Waals surface area contributed by atoms with Gasteiger partial charge < -0.3 is 19.8 Å². The van der Waals surface area contributed by atoms with E-state index in [1.54, 1.807) is 0 Å². The molecule has 6 heteroatoms. The minimum absolute atomic E-state index is 0.0892. The number of rotatable bonds is 2. The van der Waals surface area contributed by atoms with Crippen LogP contribution in [-0.2, 0) is 14.0 Å². The molecule has 5 nitrogen and oxygen atoms in total. The number of hydrogen-bond acceptors (Lipinski definition) is 5. The standard InChI is InChI=1S/C14H20BNO4/c1-13(2)14(3,4)20-15(19-13)10-7-6-9(8-11(10)16)12(17)18-5/h6-8H,16H2,1-5H3/i6D,7D,8D. The SMILES string of the molecule is [2H]c1c([2H])c(C(=O)OC)c([2H])c(N)c1B1OC(C)(C)C(C)(C)O1. The van der Waals surface area contributed by atoms with E-state index in [0.717, 1.165) is 7.11 Å². The Morgan fingerprint density at radius 1 is 1.30 bits per heavy atom. The zero-order valence-corrected chi connectivity index (χ0v) is 12.3. The average molecular weight is 280 g/mol. The van der Waals surface area contributed by atoms with Gasteiger partial charge in [-0.2, -0.15) is 0 Å². The molecule has 0 spiro atoms. The molecule has 0 radical (unpaired) electrons. The van der Waals surface area contributed by atoms with E-state index in [9.17, 15) is 4.79 Å². The van der Waals surface area contributed by atoms with Crippen LogP contribution in [0.1, 0.15) is 42.2 Å². The Morgan fingerprint density at radius 3 is 2.35 bits per heavy atom. The van der Waals surface area contributed by atoms with Gasteiger partial charge in [-0.25, -0.2) is 4.79 Å². The van der Waals surface area contributed by atoms with Gasteiger partial charge in [-0.3, -0.25) is 0 Å². The molecule has 0 bridgehead atoms. The Labute approximate surface area is 123 Å². The zero-order chi connectivity index (χ0) is 17.7. The van der Waals surface area contributed by atoms with E-state index in [1.807, 2.05) is 27.7 Å². The Balaban J connectivity index is 2.61. The lowest BCUT2D eigenvalue weighted by atomic mass is 9.77. The summed E-state index contributed by atoms with van der Waals surface area (Å²) in [6.45, 7) is 7.38. The third kappa shape index (κ3) is 2.41. The second kappa shape index (κ2) is 4.79. The van der Waals surface area contributed by atoms with E-state index in [1.165, 1.54) is 0 Å². The second-order valence-electron chi connectivity index (χ2n) is 5.66. The van der Waals surface area contributed by atoms with Crippen LogP contribution < -0.4 is 11.2 Å². The summed E-state index contributed by atoms with van der Waals surface area (Å²) in [7, 11) is 0.163. The van der Waals surface area contributed by atoms with Gasteiger partial charge in [0.1, 0.15) is 0 Å². The Morgan fingerprint density at radius 2 is 1.85 bits per heavy atom. The minimum Gasteiger partial charge on any atom is -0.465 e. The first kappa shape index (κ1) is 11.2. The number of ether oxygens (including phenoxy) is 1. The van der Waals surface area contributed by atoms with Crippen molar-refractivity contribution < 1.29 is 23.0 Å². The van der Waals surface area contributed by atoms with E-state index >= 15 is 0 Å². The number of hydrogen-bond donors (Lipinski definition) is 1. The van der Waals surface area contributed by atoms with Crippen LogP contribution in [0.4, 0.5) is 5.69 Å². The van der Waals surface area contributed by atoms with Crippen molar-refractivity contribution in [1.82, 2.24) is 0 Å². The number of methoxy groups -OCH3 is 1. The Hall–Kier alpha value is -1.53. The number of nitrogens with two attached hydrogens (primary N) is 1. The Bertz CT molecular complexity index is 633. The second-order valence-corrected chi connectivity index (χ2v) is 5.66. The van der Waals surface area contributed by atoms with Crippen molar-refractivity contribution in [2.75, 3.05) is 12.8 Å². The van der Waals surface area contributed by atoms with Crippen LogP contribution in [0.3, 0.4) is 0 Å². The van der Waals surface area contributed by atoms with E-state index < -0.39 is 30.3 Å². The van der Waals surface area contributed by atoms with Crippen molar-refractivity contribution in [3.8, 4) is 0 Å². The average Bonchev–Trinajstić information content (AvgIpc) is 2.65. The van der Waals surface area contributed by atoms with E-state index in [2.05, 4.69) is 4.74 Å². The first-order valence-electron chi connectivity index (χ1n) is 7.77. The lowest BCUT2D eigenvalue weighted by Crippen LogP contribution is -2.41. The van der Waals surface area contributed by atoms with Crippen molar-refractivity contribution >= 4 is 24.2 Å². The summed E-state index contributed by atoms with van der Waals surface area (Å²) in [5.74, 6) is -0.874. The van der Waals surface area contributed by atoms with E-state index in [0.29, 0.717) is 0 Å². The van der Waals surface area contributed by atoms with Gasteiger partial charge in [-0.1, -0.05) is 6.04 Å². The maximum atomic E-state index is 11.7. The molecule has 0 saturated carbocycles. The lowest BCUT2D eigenvalue weighted by Gasteiger charge is -2.32. The summed E-state index contributed by atoms with van der Waals surface area (Å²) in [6.07, 6.45) is 0. The van der Waals surface area contributed by atoms with Gasteiger partial charge in [0.2, 0.25) is 0 Å². The molecule has 0 amide bonds.